The Morgan fingerprint density at radius 2 is 0.526 bits per heavy atom. The van der Waals surface area contributed by atoms with E-state index in [4.69, 9.17) is 0 Å². The van der Waals surface area contributed by atoms with E-state index in [1.807, 2.05) is 0 Å². The van der Waals surface area contributed by atoms with E-state index < -0.39 is 0 Å². The van der Waals surface area contributed by atoms with Gasteiger partial charge in [0.25, 0.3) is 0 Å². The van der Waals surface area contributed by atoms with E-state index in [2.05, 4.69) is 92.6 Å². The van der Waals surface area contributed by atoms with Gasteiger partial charge in [-0.25, -0.2) is 0 Å². The maximum atomic E-state index is 11.2. The van der Waals surface area contributed by atoms with Crippen LogP contribution in [0.3, 0.4) is 0 Å². The molecule has 0 spiro atoms. The van der Waals surface area contributed by atoms with Gasteiger partial charge in [0.05, 0.1) is 20.0 Å². The number of nitrogens with zero attached hydrogens (tertiary/aromatic N) is 3. The number of aromatic hydroxyl groups is 3. The molecule has 0 saturated carbocycles. The lowest BCUT2D eigenvalue weighted by Crippen LogP contribution is -2.55. The zero-order chi connectivity index (χ0) is 41.0. The highest BCUT2D eigenvalue weighted by molar-refractivity contribution is 5.46. The fourth-order valence-electron chi connectivity index (χ4n) is 8.54. The molecule has 6 heteroatoms. The molecule has 3 aromatic rings. The first-order valence-corrected chi connectivity index (χ1v) is 23.4. The van der Waals surface area contributed by atoms with Crippen LogP contribution in [0.1, 0.15) is 169 Å². The number of hydrogen-bond acceptors (Lipinski definition) is 6. The Kier molecular flexibility index (Phi) is 20.8. The Morgan fingerprint density at radius 3 is 0.702 bits per heavy atom. The molecule has 0 bridgehead atoms. The number of unbranched alkanes of at least 4 members (excludes halogenated alkanes) is 6. The second-order valence-electron chi connectivity index (χ2n) is 17.3. The Hall–Kier alpha value is -3.06. The van der Waals surface area contributed by atoms with Crippen LogP contribution in [0.5, 0.6) is 17.2 Å². The van der Waals surface area contributed by atoms with E-state index in [1.54, 1.807) is 0 Å². The second-order valence-corrected chi connectivity index (χ2v) is 17.3. The minimum Gasteiger partial charge on any atom is -0.507 e. The molecule has 1 saturated heterocycles. The predicted octanol–water partition coefficient (Wildman–Crippen LogP) is 11.7. The predicted molar refractivity (Wildman–Crippen MR) is 242 cm³/mol. The molecular formula is C51H81N3O3. The van der Waals surface area contributed by atoms with E-state index >= 15 is 0 Å². The highest BCUT2D eigenvalue weighted by Gasteiger charge is 2.24. The number of rotatable bonds is 27. The molecule has 318 valence electrons. The van der Waals surface area contributed by atoms with Gasteiger partial charge < -0.3 is 15.3 Å². The van der Waals surface area contributed by atoms with Crippen LogP contribution < -0.4 is 0 Å². The van der Waals surface area contributed by atoms with Gasteiger partial charge in [-0.1, -0.05) is 116 Å². The smallest absolute Gasteiger partial charge is 0.121 e. The van der Waals surface area contributed by atoms with Crippen LogP contribution in [0, 0.1) is 0 Å². The summed E-state index contributed by atoms with van der Waals surface area (Å²) in [6.45, 7) is 19.1. The molecule has 3 N–H and O–H groups in total. The average Bonchev–Trinajstić information content (AvgIpc) is 3.22. The largest absolute Gasteiger partial charge is 0.507 e. The molecule has 1 heterocycles. The molecule has 6 nitrogen and oxygen atoms in total. The van der Waals surface area contributed by atoms with Gasteiger partial charge in [-0.05, 0) is 146 Å². The molecule has 0 aromatic heterocycles. The minimum absolute atomic E-state index is 0.533. The second kappa shape index (κ2) is 25.4. The van der Waals surface area contributed by atoms with Crippen molar-refractivity contribution in [1.82, 2.24) is 14.7 Å². The third-order valence-electron chi connectivity index (χ3n) is 12.1. The summed E-state index contributed by atoms with van der Waals surface area (Å²) in [6, 6.07) is 13.7. The van der Waals surface area contributed by atoms with Crippen molar-refractivity contribution < 1.29 is 15.3 Å². The molecule has 0 atom stereocenters. The van der Waals surface area contributed by atoms with Crippen LogP contribution in [-0.2, 0) is 57.8 Å². The molecule has 57 heavy (non-hydrogen) atoms. The molecule has 3 aromatic carbocycles. The van der Waals surface area contributed by atoms with Gasteiger partial charge >= 0.3 is 0 Å². The third kappa shape index (κ3) is 14.9. The SMILES string of the molecule is CCCCc1cc(CCN2CN(CCc3cc(CCCC)c(O)c(CCCC)c3)CN(CCc3cc(CCCC)c(O)c(CCCC)c3)C2)cc(CCCC)c1O. The molecule has 0 aliphatic carbocycles. The molecule has 1 aliphatic rings. The monoisotopic (exact) mass is 784 g/mol. The maximum absolute atomic E-state index is 11.2. The van der Waals surface area contributed by atoms with Crippen molar-refractivity contribution in [3.63, 3.8) is 0 Å². The van der Waals surface area contributed by atoms with Crippen LogP contribution in [0.2, 0.25) is 0 Å². The lowest BCUT2D eigenvalue weighted by molar-refractivity contribution is -0.0275. The van der Waals surface area contributed by atoms with Crippen LogP contribution in [0.15, 0.2) is 36.4 Å². The first-order valence-electron chi connectivity index (χ1n) is 23.4. The molecule has 0 unspecified atom stereocenters. The quantitative estimate of drug-likeness (QED) is 0.0715. The highest BCUT2D eigenvalue weighted by atomic mass is 16.3. The zero-order valence-corrected chi connectivity index (χ0v) is 37.2. The van der Waals surface area contributed by atoms with Gasteiger partial charge in [0, 0.05) is 19.6 Å². The minimum atomic E-state index is 0.533. The van der Waals surface area contributed by atoms with Gasteiger partial charge in [0.2, 0.25) is 0 Å². The number of phenols is 3. The highest BCUT2D eigenvalue weighted by Crippen LogP contribution is 2.31. The Balaban J connectivity index is 1.56. The summed E-state index contributed by atoms with van der Waals surface area (Å²) in [6.07, 6.45) is 21.9. The Labute approximate surface area is 348 Å². The van der Waals surface area contributed by atoms with E-state index in [9.17, 15) is 15.3 Å². The standard InChI is InChI=1S/C51H81N3O3/c1-7-13-19-43-31-40(32-44(49(43)55)20-14-8-2)25-28-52-37-53(29-26-41-33-45(21-15-9-3)50(56)46(34-41)22-16-10-4)39-54(38-52)30-27-42-35-47(23-17-11-5)51(57)48(36-42)24-18-12-6/h31-36,55-57H,7-30,37-39H2,1-6H3. The summed E-state index contributed by atoms with van der Waals surface area (Å²) >= 11 is 0. The normalized spacial score (nSPS) is 14.2. The van der Waals surface area contributed by atoms with Gasteiger partial charge in [0.1, 0.15) is 17.2 Å². The number of phenolic OH excluding ortho intramolecular Hbond substituents is 3. The van der Waals surface area contributed by atoms with Crippen LogP contribution >= 0.6 is 0 Å². The molecule has 4 rings (SSSR count). The summed E-state index contributed by atoms with van der Waals surface area (Å²) < 4.78 is 0. The Morgan fingerprint density at radius 1 is 0.333 bits per heavy atom. The lowest BCUT2D eigenvalue weighted by Gasteiger charge is -2.42. The topological polar surface area (TPSA) is 70.4 Å². The summed E-state index contributed by atoms with van der Waals surface area (Å²) in [5.41, 5.74) is 10.8. The van der Waals surface area contributed by atoms with E-state index in [0.29, 0.717) is 17.2 Å². The van der Waals surface area contributed by atoms with Gasteiger partial charge in [-0.2, -0.15) is 0 Å². The first-order chi connectivity index (χ1) is 27.7. The number of hydrogen-bond donors (Lipinski definition) is 3. The molecule has 1 aliphatic heterocycles. The van der Waals surface area contributed by atoms with Crippen molar-refractivity contribution in [3.8, 4) is 17.2 Å². The van der Waals surface area contributed by atoms with E-state index in [-0.39, 0.29) is 0 Å². The molecule has 0 amide bonds. The van der Waals surface area contributed by atoms with Gasteiger partial charge in [-0.3, -0.25) is 14.7 Å². The van der Waals surface area contributed by atoms with Crippen molar-refractivity contribution >= 4 is 0 Å². The fourth-order valence-corrected chi connectivity index (χ4v) is 8.54. The number of benzene rings is 3. The summed E-state index contributed by atoms with van der Waals surface area (Å²) in [4.78, 5) is 7.88. The van der Waals surface area contributed by atoms with Crippen molar-refractivity contribution in [1.29, 1.82) is 0 Å². The summed E-state index contributed by atoms with van der Waals surface area (Å²) in [5.74, 6) is 1.60. The summed E-state index contributed by atoms with van der Waals surface area (Å²) in [7, 11) is 0. The fraction of sp³-hybridized carbons (Fsp3) is 0.647. The van der Waals surface area contributed by atoms with Gasteiger partial charge in [-0.15, -0.1) is 0 Å². The lowest BCUT2D eigenvalue weighted by atomic mass is 9.95. The van der Waals surface area contributed by atoms with E-state index in [1.165, 1.54) is 16.7 Å². The van der Waals surface area contributed by atoms with Crippen LogP contribution in [0.25, 0.3) is 0 Å². The zero-order valence-electron chi connectivity index (χ0n) is 37.2. The van der Waals surface area contributed by atoms with Crippen LogP contribution in [-0.4, -0.2) is 69.7 Å². The summed E-state index contributed by atoms with van der Waals surface area (Å²) in [5, 5.41) is 33.5. The van der Waals surface area contributed by atoms with Gasteiger partial charge in [0.15, 0.2) is 0 Å². The van der Waals surface area contributed by atoms with Crippen molar-refractivity contribution in [2.75, 3.05) is 39.6 Å². The van der Waals surface area contributed by atoms with E-state index in [0.717, 1.165) is 208 Å². The molecule has 1 fully saturated rings. The molecular weight excluding hydrogens is 703 g/mol. The van der Waals surface area contributed by atoms with Crippen molar-refractivity contribution in [2.24, 2.45) is 0 Å². The Bertz CT molecular complexity index is 1340. The van der Waals surface area contributed by atoms with Crippen LogP contribution in [0.4, 0.5) is 0 Å². The first kappa shape index (κ1) is 46.6. The molecule has 0 radical (unpaired) electrons. The van der Waals surface area contributed by atoms with Crippen molar-refractivity contribution in [3.05, 3.63) is 86.5 Å². The maximum Gasteiger partial charge on any atom is 0.121 e. The third-order valence-corrected chi connectivity index (χ3v) is 12.1. The van der Waals surface area contributed by atoms with Crippen molar-refractivity contribution in [2.45, 2.75) is 176 Å². The average molecular weight is 784 g/mol. The number of aryl methyl sites for hydroxylation is 6.